The lowest BCUT2D eigenvalue weighted by Gasteiger charge is -2.30. The summed E-state index contributed by atoms with van der Waals surface area (Å²) in [4.78, 5) is 8.87. The van der Waals surface area contributed by atoms with Gasteiger partial charge < -0.3 is 27.2 Å². The number of dihydropyridines is 1. The van der Waals surface area contributed by atoms with Crippen LogP contribution < -0.4 is 22.1 Å². The van der Waals surface area contributed by atoms with E-state index in [2.05, 4.69) is 20.6 Å². The molecule has 0 amide bonds. The summed E-state index contributed by atoms with van der Waals surface area (Å²) < 4.78 is 77.3. The first kappa shape index (κ1) is 33.5. The fourth-order valence-electron chi connectivity index (χ4n) is 4.83. The number of rotatable bonds is 5. The molecule has 0 spiro atoms. The fourth-order valence-corrected chi connectivity index (χ4v) is 4.83. The van der Waals surface area contributed by atoms with Crippen LogP contribution in [0.15, 0.2) is 109 Å². The first-order valence-electron chi connectivity index (χ1n) is 14.0. The number of pyridine rings is 2. The van der Waals surface area contributed by atoms with Gasteiger partial charge in [0, 0.05) is 23.8 Å². The number of nitriles is 1. The van der Waals surface area contributed by atoms with Crippen molar-refractivity contribution < 1.29 is 31.4 Å². The number of nitrogens with zero attached hydrogens (tertiary/aromatic N) is 4. The molecule has 0 saturated carbocycles. The van der Waals surface area contributed by atoms with Gasteiger partial charge >= 0.3 is 12.4 Å². The lowest BCUT2D eigenvalue weighted by molar-refractivity contribution is -0.138. The summed E-state index contributed by atoms with van der Waals surface area (Å²) in [7, 11) is 0. The summed E-state index contributed by atoms with van der Waals surface area (Å²) in [5, 5.41) is 24.9. The van der Waals surface area contributed by atoms with Crippen molar-refractivity contribution in [1.82, 2.24) is 19.7 Å². The van der Waals surface area contributed by atoms with Gasteiger partial charge in [0.1, 0.15) is 17.1 Å². The molecule has 246 valence electrons. The maximum Gasteiger partial charge on any atom is 0.416 e. The molecule has 1 aliphatic heterocycles. The highest BCUT2D eigenvalue weighted by Gasteiger charge is 2.32. The maximum absolute atomic E-state index is 12.8. The zero-order valence-electron chi connectivity index (χ0n) is 24.7. The number of anilines is 2. The molecule has 9 nitrogen and oxygen atoms in total. The molecular weight excluding hydrogens is 638 g/mol. The molecule has 0 radical (unpaired) electrons. The molecule has 6 rings (SSSR count). The number of hydrogen-bond acceptors (Lipinski definition) is 8. The van der Waals surface area contributed by atoms with Crippen LogP contribution in [0, 0.1) is 11.3 Å². The number of aliphatic hydroxyl groups is 1. The van der Waals surface area contributed by atoms with Crippen molar-refractivity contribution in [2.75, 3.05) is 5.32 Å². The first-order valence-corrected chi connectivity index (χ1v) is 14.0. The van der Waals surface area contributed by atoms with Gasteiger partial charge in [-0.15, -0.1) is 0 Å². The molecule has 7 N–H and O–H groups in total. The van der Waals surface area contributed by atoms with Crippen molar-refractivity contribution in [3.63, 3.8) is 0 Å². The van der Waals surface area contributed by atoms with Gasteiger partial charge in [0.2, 0.25) is 0 Å². The van der Waals surface area contributed by atoms with Crippen LogP contribution in [0.2, 0.25) is 0 Å². The quantitative estimate of drug-likeness (QED) is 0.138. The van der Waals surface area contributed by atoms with E-state index >= 15 is 0 Å². The standard InChI is InChI=1S/C21H14F3N5O.C12H12F3N3/c22-21(23,24)14-4-6-15(7-5-14)26-18-10-13(11-25)9-16(27-18)20-17(12-30)28-19-3-1-2-8-29(19)20;13-12(14,15)9-3-1-8(2-4-9)11(17)7-10(16)5-6-18-11/h1-10,30H,12H2,(H,26,27);1-7,18H,16-17H2. The number of aromatic nitrogens is 3. The number of halogens is 6. The molecule has 0 bridgehead atoms. The predicted octanol–water partition coefficient (Wildman–Crippen LogP) is 6.30. The Balaban J connectivity index is 0.000000214. The van der Waals surface area contributed by atoms with E-state index in [0.29, 0.717) is 45.2 Å². The number of imidazole rings is 1. The molecule has 15 heteroatoms. The van der Waals surface area contributed by atoms with Crippen LogP contribution in [0.4, 0.5) is 37.8 Å². The minimum Gasteiger partial charge on any atom is -0.399 e. The van der Waals surface area contributed by atoms with Gasteiger partial charge in [0.15, 0.2) is 0 Å². The van der Waals surface area contributed by atoms with E-state index in [-0.39, 0.29) is 12.4 Å². The van der Waals surface area contributed by atoms with Crippen molar-refractivity contribution in [1.29, 1.82) is 5.26 Å². The second kappa shape index (κ2) is 13.1. The Hall–Kier alpha value is -5.85. The van der Waals surface area contributed by atoms with E-state index in [1.807, 2.05) is 12.1 Å². The Morgan fingerprint density at radius 1 is 0.917 bits per heavy atom. The van der Waals surface area contributed by atoms with E-state index in [9.17, 15) is 36.7 Å². The topological polar surface area (TPSA) is 150 Å². The molecule has 1 unspecified atom stereocenters. The Bertz CT molecular complexity index is 2030. The van der Waals surface area contributed by atoms with Crippen molar-refractivity contribution >= 4 is 17.2 Å². The van der Waals surface area contributed by atoms with Crippen LogP contribution >= 0.6 is 0 Å². The van der Waals surface area contributed by atoms with Gasteiger partial charge in [-0.3, -0.25) is 4.40 Å². The molecule has 1 aliphatic rings. The molecule has 0 aliphatic carbocycles. The largest absolute Gasteiger partial charge is 0.416 e. The van der Waals surface area contributed by atoms with Gasteiger partial charge in [-0.25, -0.2) is 9.97 Å². The number of nitrogens with one attached hydrogen (secondary N) is 2. The summed E-state index contributed by atoms with van der Waals surface area (Å²) in [5.41, 5.74) is 12.7. The first-order chi connectivity index (χ1) is 22.7. The van der Waals surface area contributed by atoms with Crippen LogP contribution in [0.1, 0.15) is 27.9 Å². The van der Waals surface area contributed by atoms with Crippen molar-refractivity contribution in [2.24, 2.45) is 11.5 Å². The van der Waals surface area contributed by atoms with Crippen molar-refractivity contribution in [2.45, 2.75) is 24.6 Å². The zero-order chi connectivity index (χ0) is 34.7. The Morgan fingerprint density at radius 3 is 2.15 bits per heavy atom. The minimum absolute atomic E-state index is 0.276. The third-order valence-electron chi connectivity index (χ3n) is 7.12. The summed E-state index contributed by atoms with van der Waals surface area (Å²) in [6, 6.07) is 19.6. The Labute approximate surface area is 269 Å². The molecule has 4 heterocycles. The van der Waals surface area contributed by atoms with Gasteiger partial charge in [-0.1, -0.05) is 18.2 Å². The Kier molecular flexibility index (Phi) is 9.15. The molecular formula is C33H26F6N8O. The van der Waals surface area contributed by atoms with Gasteiger partial charge in [-0.2, -0.15) is 31.6 Å². The predicted molar refractivity (Wildman–Crippen MR) is 166 cm³/mol. The third kappa shape index (κ3) is 7.41. The summed E-state index contributed by atoms with van der Waals surface area (Å²) in [6.07, 6.45) is -2.28. The average molecular weight is 665 g/mol. The maximum atomic E-state index is 12.8. The van der Waals surface area contributed by atoms with Crippen LogP contribution in [-0.4, -0.2) is 19.5 Å². The number of nitrogens with two attached hydrogens (primary N) is 2. The second-order valence-electron chi connectivity index (χ2n) is 10.5. The van der Waals surface area contributed by atoms with E-state index in [1.54, 1.807) is 47.1 Å². The molecule has 5 aromatic rings. The molecule has 1 atom stereocenters. The normalized spacial score (nSPS) is 15.9. The zero-order valence-corrected chi connectivity index (χ0v) is 24.7. The van der Waals surface area contributed by atoms with E-state index in [4.69, 9.17) is 11.5 Å². The number of aliphatic hydroxyl groups excluding tert-OH is 1. The van der Waals surface area contributed by atoms with Gasteiger partial charge in [-0.05, 0) is 78.4 Å². The fraction of sp³-hybridized carbons (Fsp3) is 0.121. The van der Waals surface area contributed by atoms with Crippen LogP contribution in [0.5, 0.6) is 0 Å². The average Bonchev–Trinajstić information content (AvgIpc) is 3.43. The highest BCUT2D eigenvalue weighted by Crippen LogP contribution is 2.32. The van der Waals surface area contributed by atoms with Crippen LogP contribution in [0.3, 0.4) is 0 Å². The highest BCUT2D eigenvalue weighted by atomic mass is 19.4. The molecule has 0 saturated heterocycles. The number of allylic oxidation sites excluding steroid dienone is 1. The van der Waals surface area contributed by atoms with E-state index in [0.717, 1.165) is 24.3 Å². The Morgan fingerprint density at radius 2 is 1.56 bits per heavy atom. The third-order valence-corrected chi connectivity index (χ3v) is 7.12. The van der Waals surface area contributed by atoms with E-state index < -0.39 is 29.1 Å². The molecule has 48 heavy (non-hydrogen) atoms. The second-order valence-corrected chi connectivity index (χ2v) is 10.5. The highest BCUT2D eigenvalue weighted by molar-refractivity contribution is 5.69. The molecule has 3 aromatic heterocycles. The molecule has 0 fully saturated rings. The number of fused-ring (bicyclic) bond motifs is 1. The SMILES string of the molecule is N#Cc1cc(Nc2ccc(C(F)(F)F)cc2)nc(-c2c(CO)nc3ccccn23)c1.NC1=CC(N)(c2ccc(C(F)(F)F)cc2)NC=C1. The minimum atomic E-state index is -4.42. The summed E-state index contributed by atoms with van der Waals surface area (Å²) in [6.45, 7) is -0.322. The number of hydrogen-bond donors (Lipinski definition) is 5. The monoisotopic (exact) mass is 664 g/mol. The number of alkyl halides is 6. The lowest BCUT2D eigenvalue weighted by atomic mass is 9.96. The summed E-state index contributed by atoms with van der Waals surface area (Å²) >= 11 is 0. The van der Waals surface area contributed by atoms with Gasteiger partial charge in [0.05, 0.1) is 46.4 Å². The van der Waals surface area contributed by atoms with Crippen molar-refractivity contribution in [3.8, 4) is 17.5 Å². The van der Waals surface area contributed by atoms with E-state index in [1.165, 1.54) is 30.3 Å². The van der Waals surface area contributed by atoms with Crippen LogP contribution in [-0.2, 0) is 24.6 Å². The smallest absolute Gasteiger partial charge is 0.399 e. The van der Waals surface area contributed by atoms with Crippen LogP contribution in [0.25, 0.3) is 17.0 Å². The molecule has 2 aromatic carbocycles. The summed E-state index contributed by atoms with van der Waals surface area (Å²) in [5.74, 6) is 0.276. The van der Waals surface area contributed by atoms with Gasteiger partial charge in [0.25, 0.3) is 0 Å². The van der Waals surface area contributed by atoms with Crippen molar-refractivity contribution in [3.05, 3.63) is 137 Å². The lowest BCUT2D eigenvalue weighted by Crippen LogP contribution is -2.48. The number of benzene rings is 2.